The summed E-state index contributed by atoms with van der Waals surface area (Å²) < 4.78 is 33.9. The second kappa shape index (κ2) is 8.85. The van der Waals surface area contributed by atoms with Gasteiger partial charge in [0.2, 0.25) is 6.10 Å². The van der Waals surface area contributed by atoms with Gasteiger partial charge in [0, 0.05) is 5.38 Å². The molecule has 2 aromatic rings. The summed E-state index contributed by atoms with van der Waals surface area (Å²) in [4.78, 5) is 48.5. The minimum absolute atomic E-state index is 0.0613. The van der Waals surface area contributed by atoms with Crippen molar-refractivity contribution in [2.24, 2.45) is 5.16 Å². The molecule has 3 heterocycles. The zero-order valence-electron chi connectivity index (χ0n) is 16.1. The van der Waals surface area contributed by atoms with E-state index in [0.29, 0.717) is 0 Å². The molecule has 0 radical (unpaired) electrons. The number of aromatic nitrogens is 4. The zero-order chi connectivity index (χ0) is 23.6. The highest BCUT2D eigenvalue weighted by molar-refractivity contribution is 7.84. The summed E-state index contributed by atoms with van der Waals surface area (Å²) in [6, 6.07) is -2.63. The van der Waals surface area contributed by atoms with E-state index in [4.69, 9.17) is 15.7 Å². The van der Waals surface area contributed by atoms with Crippen molar-refractivity contribution >= 4 is 50.3 Å². The van der Waals surface area contributed by atoms with Gasteiger partial charge in [-0.15, -0.1) is 11.3 Å². The van der Waals surface area contributed by atoms with Crippen LogP contribution in [0.15, 0.2) is 23.2 Å². The van der Waals surface area contributed by atoms with Gasteiger partial charge in [0.25, 0.3) is 11.8 Å². The summed E-state index contributed by atoms with van der Waals surface area (Å²) in [7, 11) is -4.91. The van der Waals surface area contributed by atoms with Crippen LogP contribution < -0.4 is 11.1 Å². The Morgan fingerprint density at radius 3 is 2.72 bits per heavy atom. The fourth-order valence-corrected chi connectivity index (χ4v) is 4.07. The molecule has 0 bridgehead atoms. The van der Waals surface area contributed by atoms with Gasteiger partial charge in [-0.1, -0.05) is 5.16 Å². The Kier molecular flexibility index (Phi) is 6.37. The number of nitrogen functional groups attached to an aromatic ring is 1. The van der Waals surface area contributed by atoms with Gasteiger partial charge in [-0.25, -0.2) is 19.1 Å². The van der Waals surface area contributed by atoms with Crippen molar-refractivity contribution in [3.8, 4) is 0 Å². The number of hydrogen-bond donors (Lipinski definition) is 4. The molecule has 172 valence electrons. The Hall–Kier alpha value is -3.64. The van der Waals surface area contributed by atoms with E-state index in [0.717, 1.165) is 11.3 Å². The second-order valence-corrected chi connectivity index (χ2v) is 8.52. The summed E-state index contributed by atoms with van der Waals surface area (Å²) in [5.41, 5.74) is 5.00. The molecule has 0 aliphatic carbocycles. The molecular formula is C14H16N8O8S2. The van der Waals surface area contributed by atoms with Crippen LogP contribution in [0, 0.1) is 0 Å². The van der Waals surface area contributed by atoms with Crippen molar-refractivity contribution in [3.63, 3.8) is 0 Å². The van der Waals surface area contributed by atoms with Crippen LogP contribution in [0.2, 0.25) is 0 Å². The maximum Gasteiger partial charge on any atom is 0.362 e. The Balaban J connectivity index is 1.85. The first-order valence-electron chi connectivity index (χ1n) is 8.61. The van der Waals surface area contributed by atoms with Gasteiger partial charge < -0.3 is 21.0 Å². The maximum atomic E-state index is 12.8. The zero-order valence-corrected chi connectivity index (χ0v) is 17.7. The molecular weight excluding hydrogens is 472 g/mol. The molecule has 1 saturated heterocycles. The topological polar surface area (TPSA) is 232 Å². The summed E-state index contributed by atoms with van der Waals surface area (Å²) in [5.74, 6) is -3.48. The number of rotatable bonds is 9. The van der Waals surface area contributed by atoms with Gasteiger partial charge >= 0.3 is 16.3 Å². The monoisotopic (exact) mass is 488 g/mol. The van der Waals surface area contributed by atoms with Crippen LogP contribution in [0.5, 0.6) is 0 Å². The number of β-lactam (4-membered cyclic amide) rings is 1. The minimum Gasteiger partial charge on any atom is -0.478 e. The smallest absolute Gasteiger partial charge is 0.362 e. The van der Waals surface area contributed by atoms with Crippen LogP contribution in [-0.4, -0.2) is 83.8 Å². The van der Waals surface area contributed by atoms with E-state index < -0.39 is 52.0 Å². The quantitative estimate of drug-likeness (QED) is 0.126. The maximum absolute atomic E-state index is 12.8. The number of aliphatic carboxylic acids is 1. The molecule has 2 amide bonds. The molecule has 1 fully saturated rings. The number of carboxylic acids is 1. The first kappa shape index (κ1) is 23.0. The van der Waals surface area contributed by atoms with Crippen molar-refractivity contribution in [2.75, 3.05) is 5.73 Å². The van der Waals surface area contributed by atoms with Gasteiger partial charge in [-0.05, 0) is 6.92 Å². The number of nitrogens with zero attached hydrogens (tertiary/aromatic N) is 6. The van der Waals surface area contributed by atoms with Crippen molar-refractivity contribution in [1.29, 1.82) is 0 Å². The van der Waals surface area contributed by atoms with Crippen LogP contribution in [-0.2, 0) is 36.1 Å². The van der Waals surface area contributed by atoms with Crippen molar-refractivity contribution < 1.29 is 37.3 Å². The number of amides is 2. The van der Waals surface area contributed by atoms with Crippen LogP contribution in [0.1, 0.15) is 12.6 Å². The van der Waals surface area contributed by atoms with E-state index >= 15 is 0 Å². The fourth-order valence-electron chi connectivity index (χ4n) is 2.65. The number of carbonyl (C=O) groups excluding carboxylic acids is 2. The predicted octanol–water partition coefficient (Wildman–Crippen LogP) is -2.29. The number of anilines is 1. The van der Waals surface area contributed by atoms with Gasteiger partial charge in [0.05, 0.1) is 12.6 Å². The molecule has 5 N–H and O–H groups in total. The second-order valence-electron chi connectivity index (χ2n) is 6.34. The Morgan fingerprint density at radius 2 is 2.19 bits per heavy atom. The summed E-state index contributed by atoms with van der Waals surface area (Å²) >= 11 is 0.965. The highest BCUT2D eigenvalue weighted by Crippen LogP contribution is 2.25. The lowest BCUT2D eigenvalue weighted by molar-refractivity contribution is -0.149. The lowest BCUT2D eigenvalue weighted by Crippen LogP contribution is -2.73. The van der Waals surface area contributed by atoms with Gasteiger partial charge in [-0.3, -0.25) is 18.8 Å². The number of carbonyl (C=O) groups is 3. The van der Waals surface area contributed by atoms with Crippen LogP contribution in [0.3, 0.4) is 0 Å². The molecule has 0 aromatic carbocycles. The van der Waals surface area contributed by atoms with E-state index in [1.807, 2.05) is 0 Å². The van der Waals surface area contributed by atoms with Crippen LogP contribution >= 0.6 is 11.3 Å². The lowest BCUT2D eigenvalue weighted by Gasteiger charge is -2.43. The van der Waals surface area contributed by atoms with Crippen LogP contribution in [0.25, 0.3) is 0 Å². The number of thiazole rings is 1. The molecule has 1 aliphatic heterocycles. The molecule has 3 atom stereocenters. The van der Waals surface area contributed by atoms with Crippen molar-refractivity contribution in [1.82, 2.24) is 29.4 Å². The molecule has 3 rings (SSSR count). The van der Waals surface area contributed by atoms with E-state index in [1.54, 1.807) is 0 Å². The highest BCUT2D eigenvalue weighted by Gasteiger charge is 2.54. The normalized spacial score (nSPS) is 19.9. The average molecular weight is 488 g/mol. The van der Waals surface area contributed by atoms with Crippen LogP contribution in [0.4, 0.5) is 5.13 Å². The lowest BCUT2D eigenvalue weighted by atomic mass is 9.98. The first-order chi connectivity index (χ1) is 15.0. The largest absolute Gasteiger partial charge is 0.478 e. The third-order valence-corrected chi connectivity index (χ3v) is 5.80. The fraction of sp³-hybridized carbons (Fsp3) is 0.357. The standard InChI is InChI=1S/C14H16N8O8S2/c1-6(13(25)26)30-20-9(7-3-31-14(15)18-7)11(23)19-10-8(2-21-5-16-4-17-21)22(12(10)24)32(27,28)29/h3-6,8,10H,2H2,1H3,(H2,15,18)(H,19,23)(H,25,26)(H,27,28,29)/t6-,8+,10-/m0/s1. The van der Waals surface area contributed by atoms with Gasteiger partial charge in [0.15, 0.2) is 10.8 Å². The molecule has 32 heavy (non-hydrogen) atoms. The third kappa shape index (κ3) is 4.81. The Bertz CT molecular complexity index is 1160. The highest BCUT2D eigenvalue weighted by atomic mass is 32.2. The first-order valence-corrected chi connectivity index (χ1v) is 10.9. The van der Waals surface area contributed by atoms with E-state index in [9.17, 15) is 27.4 Å². The molecule has 0 unspecified atom stereocenters. The summed E-state index contributed by atoms with van der Waals surface area (Å²) in [5, 5.41) is 20.0. The minimum atomic E-state index is -4.91. The number of nitrogens with one attached hydrogen (secondary N) is 1. The Labute approximate surface area is 183 Å². The van der Waals surface area contributed by atoms with Gasteiger partial charge in [-0.2, -0.15) is 13.5 Å². The predicted molar refractivity (Wildman–Crippen MR) is 105 cm³/mol. The number of oxime groups is 1. The average Bonchev–Trinajstić information content (AvgIpc) is 3.36. The molecule has 2 aromatic heterocycles. The van der Waals surface area contributed by atoms with E-state index in [-0.39, 0.29) is 21.7 Å². The third-order valence-electron chi connectivity index (χ3n) is 4.17. The summed E-state index contributed by atoms with van der Waals surface area (Å²) in [6.07, 6.45) is 1.01. The molecule has 16 nitrogen and oxygen atoms in total. The molecule has 0 spiro atoms. The number of hydrogen-bond acceptors (Lipinski definition) is 12. The summed E-state index contributed by atoms with van der Waals surface area (Å²) in [6.45, 7) is 0.948. The molecule has 18 heteroatoms. The van der Waals surface area contributed by atoms with Crippen molar-refractivity contribution in [2.45, 2.75) is 31.7 Å². The molecule has 0 saturated carbocycles. The SMILES string of the molecule is C[C@H](ON=C(C(=O)N[C@@H]1C(=O)N(S(=O)(=O)O)[C@@H]1Cn1cncn1)c1csc(N)n1)C(=O)O. The van der Waals surface area contributed by atoms with Crippen molar-refractivity contribution in [3.05, 3.63) is 23.7 Å². The Morgan fingerprint density at radius 1 is 1.47 bits per heavy atom. The molecule has 1 aliphatic rings. The van der Waals surface area contributed by atoms with Gasteiger partial charge in [0.1, 0.15) is 24.4 Å². The van der Waals surface area contributed by atoms with E-state index in [2.05, 4.69) is 25.5 Å². The van der Waals surface area contributed by atoms with E-state index in [1.165, 1.54) is 29.6 Å². The number of nitrogens with two attached hydrogens (primary N) is 1. The number of carboxylic acid groups (broad SMARTS) is 1.